The third kappa shape index (κ3) is 4.99. The molecule has 2 aromatic carbocycles. The number of carbonyl (C=O) groups is 2. The molecule has 3 heterocycles. The van der Waals surface area contributed by atoms with Crippen molar-refractivity contribution in [2.24, 2.45) is 0 Å². The first-order valence-electron chi connectivity index (χ1n) is 12.5. The van der Waals surface area contributed by atoms with Crippen molar-refractivity contribution in [1.29, 1.82) is 0 Å². The maximum Gasteiger partial charge on any atom is 0.453 e. The van der Waals surface area contributed by atoms with Crippen LogP contribution in [0.5, 0.6) is 0 Å². The molecule has 0 bridgehead atoms. The van der Waals surface area contributed by atoms with Crippen LogP contribution in [0.3, 0.4) is 0 Å². The molecule has 1 amide bonds. The van der Waals surface area contributed by atoms with Gasteiger partial charge in [-0.25, -0.2) is 9.97 Å². The quantitative estimate of drug-likeness (QED) is 0.222. The van der Waals surface area contributed by atoms with Crippen LogP contribution in [0.2, 0.25) is 5.02 Å². The van der Waals surface area contributed by atoms with Crippen LogP contribution in [-0.4, -0.2) is 48.8 Å². The van der Waals surface area contributed by atoms with Gasteiger partial charge in [0.1, 0.15) is 22.7 Å². The molecule has 0 fully saturated rings. The minimum absolute atomic E-state index is 0.0390. The van der Waals surface area contributed by atoms with E-state index in [1.54, 1.807) is 31.2 Å². The molecular formula is C27H22ClF5N6O3. The van der Waals surface area contributed by atoms with Crippen molar-refractivity contribution >= 4 is 46.0 Å². The van der Waals surface area contributed by atoms with E-state index in [0.29, 0.717) is 17.4 Å². The number of nitrogens with one attached hydrogen (secondary N) is 1. The first kappa shape index (κ1) is 29.2. The summed E-state index contributed by atoms with van der Waals surface area (Å²) < 4.78 is 66.6. The highest BCUT2D eigenvalue weighted by atomic mass is 35.5. The highest BCUT2D eigenvalue weighted by Gasteiger charge is 2.56. The van der Waals surface area contributed by atoms with Gasteiger partial charge in [-0.1, -0.05) is 35.9 Å². The van der Waals surface area contributed by atoms with E-state index in [4.69, 9.17) is 22.4 Å². The molecule has 0 radical (unpaired) electrons. The Morgan fingerprint density at radius 2 is 1.81 bits per heavy atom. The van der Waals surface area contributed by atoms with Gasteiger partial charge in [-0.3, -0.25) is 14.3 Å². The fraction of sp³-hybridized carbons (Fsp3) is 0.296. The first-order valence-corrected chi connectivity index (χ1v) is 12.9. The Hall–Kier alpha value is -4.33. The third-order valence-corrected chi connectivity index (χ3v) is 7.49. The van der Waals surface area contributed by atoms with Crippen molar-refractivity contribution in [3.8, 4) is 11.5 Å². The zero-order chi connectivity index (χ0) is 30.6. The number of aliphatic carboxylic acids is 1. The molecule has 4 N–H and O–H groups in total. The van der Waals surface area contributed by atoms with Gasteiger partial charge in [0.2, 0.25) is 5.91 Å². The first-order chi connectivity index (χ1) is 19.6. The maximum absolute atomic E-state index is 13.7. The number of aromatic nitrogens is 4. The summed E-state index contributed by atoms with van der Waals surface area (Å²) in [6.45, 7) is 0.841. The summed E-state index contributed by atoms with van der Waals surface area (Å²) >= 11 is 6.06. The number of carboxylic acids is 1. The van der Waals surface area contributed by atoms with Gasteiger partial charge in [-0.05, 0) is 42.7 Å². The zero-order valence-corrected chi connectivity index (χ0v) is 22.5. The third-order valence-electron chi connectivity index (χ3n) is 7.26. The highest BCUT2D eigenvalue weighted by Crippen LogP contribution is 2.45. The summed E-state index contributed by atoms with van der Waals surface area (Å²) in [5, 5.41) is 16.4. The largest absolute Gasteiger partial charge is 0.481 e. The number of halogens is 6. The number of hydrogen-bond acceptors (Lipinski definition) is 6. The number of amides is 1. The molecule has 0 unspecified atom stereocenters. The van der Waals surface area contributed by atoms with E-state index in [0.717, 1.165) is 10.2 Å². The molecule has 0 saturated heterocycles. The minimum Gasteiger partial charge on any atom is -0.481 e. The predicted molar refractivity (Wildman–Crippen MR) is 143 cm³/mol. The number of carboxylic acid groups (broad SMARTS) is 1. The lowest BCUT2D eigenvalue weighted by atomic mass is 9.77. The lowest BCUT2D eigenvalue weighted by molar-refractivity contribution is -0.285. The van der Waals surface area contributed by atoms with E-state index >= 15 is 0 Å². The van der Waals surface area contributed by atoms with Crippen molar-refractivity contribution in [2.75, 3.05) is 11.1 Å². The maximum atomic E-state index is 13.7. The van der Waals surface area contributed by atoms with Crippen LogP contribution in [-0.2, 0) is 28.0 Å². The Morgan fingerprint density at radius 1 is 1.12 bits per heavy atom. The summed E-state index contributed by atoms with van der Waals surface area (Å²) in [5.41, 5.74) is 6.85. The summed E-state index contributed by atoms with van der Waals surface area (Å²) in [5.74, 6) is -6.41. The predicted octanol–water partition coefficient (Wildman–Crippen LogP) is 5.59. The number of rotatable bonds is 8. The average Bonchev–Trinajstić information content (AvgIpc) is 3.40. The van der Waals surface area contributed by atoms with Crippen molar-refractivity contribution in [1.82, 2.24) is 19.7 Å². The molecule has 42 heavy (non-hydrogen) atoms. The number of nitrogen functional groups attached to an aromatic ring is 1. The smallest absolute Gasteiger partial charge is 0.453 e. The monoisotopic (exact) mass is 608 g/mol. The van der Waals surface area contributed by atoms with Crippen LogP contribution < -0.4 is 11.1 Å². The Labute approximate surface area is 239 Å². The van der Waals surface area contributed by atoms with Gasteiger partial charge in [0, 0.05) is 29.8 Å². The molecule has 1 atom stereocenters. The number of anilines is 2. The molecular weight excluding hydrogens is 587 g/mol. The summed E-state index contributed by atoms with van der Waals surface area (Å²) in [4.78, 5) is 32.9. The Bertz CT molecular complexity index is 1720. The van der Waals surface area contributed by atoms with Crippen molar-refractivity contribution in [2.45, 2.75) is 50.2 Å². The van der Waals surface area contributed by atoms with E-state index < -0.39 is 42.4 Å². The van der Waals surface area contributed by atoms with Crippen molar-refractivity contribution in [3.05, 3.63) is 64.2 Å². The van der Waals surface area contributed by atoms with E-state index in [9.17, 15) is 31.5 Å². The van der Waals surface area contributed by atoms with Crippen LogP contribution >= 0.6 is 11.6 Å². The number of alkyl halides is 5. The van der Waals surface area contributed by atoms with Gasteiger partial charge < -0.3 is 16.2 Å². The van der Waals surface area contributed by atoms with Crippen molar-refractivity contribution in [3.63, 3.8) is 0 Å². The van der Waals surface area contributed by atoms with Gasteiger partial charge in [0.05, 0.1) is 11.1 Å². The number of fused-ring (bicyclic) bond motifs is 2. The zero-order valence-electron chi connectivity index (χ0n) is 21.8. The standard InChI is InChI=1S/C27H22ClF5N6O3/c1-25(14-5-2-13(3-6-14)4-9-18(40)41)19-21(34)35-23(36-22(19)37-24(25)42)20-16-8-7-15(28)12-17(16)39(38-20)11-10-26(29,30)27(31,32)33/h2-3,5-8,12H,4,9-11H2,1H3,(H,40,41)(H3,34,35,36,37,42)/t25-/m1/s1. The summed E-state index contributed by atoms with van der Waals surface area (Å²) in [6.07, 6.45) is -7.03. The molecule has 15 heteroatoms. The SMILES string of the molecule is C[C@]1(c2ccc(CCC(=O)O)cc2)C(=O)Nc2nc(-c3nn(CCC(F)(F)C(F)(F)F)c4cc(Cl)ccc34)nc(N)c21. The Balaban J connectivity index is 1.54. The average molecular weight is 609 g/mol. The van der Waals surface area contributed by atoms with E-state index in [1.807, 2.05) is 0 Å². The van der Waals surface area contributed by atoms with E-state index in [-0.39, 0.29) is 45.7 Å². The fourth-order valence-electron chi connectivity index (χ4n) is 4.92. The van der Waals surface area contributed by atoms with Crippen LogP contribution in [0.4, 0.5) is 33.6 Å². The molecule has 0 saturated carbocycles. The van der Waals surface area contributed by atoms with Gasteiger partial charge in [0.25, 0.3) is 0 Å². The second-order valence-corrected chi connectivity index (χ2v) is 10.4. The number of nitrogens with zero attached hydrogens (tertiary/aromatic N) is 4. The normalized spacial score (nSPS) is 17.0. The van der Waals surface area contributed by atoms with E-state index in [1.165, 1.54) is 18.2 Å². The van der Waals surface area contributed by atoms with E-state index in [2.05, 4.69) is 20.4 Å². The lowest BCUT2D eigenvalue weighted by Crippen LogP contribution is -2.37. The lowest BCUT2D eigenvalue weighted by Gasteiger charge is -2.23. The molecule has 1 aliphatic heterocycles. The molecule has 9 nitrogen and oxygen atoms in total. The van der Waals surface area contributed by atoms with Crippen LogP contribution in [0.1, 0.15) is 36.5 Å². The fourth-order valence-corrected chi connectivity index (χ4v) is 5.08. The number of nitrogens with two attached hydrogens (primary N) is 1. The molecule has 0 spiro atoms. The van der Waals surface area contributed by atoms with Gasteiger partial charge in [-0.2, -0.15) is 27.1 Å². The van der Waals surface area contributed by atoms with Crippen LogP contribution in [0.25, 0.3) is 22.4 Å². The van der Waals surface area contributed by atoms with Gasteiger partial charge >= 0.3 is 18.1 Å². The second kappa shape index (κ2) is 10.2. The number of hydrogen-bond donors (Lipinski definition) is 3. The Morgan fingerprint density at radius 3 is 2.45 bits per heavy atom. The second-order valence-electron chi connectivity index (χ2n) is 10.0. The molecule has 4 aromatic rings. The summed E-state index contributed by atoms with van der Waals surface area (Å²) in [6, 6.07) is 11.2. The molecule has 1 aliphatic rings. The topological polar surface area (TPSA) is 136 Å². The number of benzene rings is 2. The highest BCUT2D eigenvalue weighted by molar-refractivity contribution is 6.31. The molecule has 5 rings (SSSR count). The minimum atomic E-state index is -5.72. The molecule has 220 valence electrons. The summed E-state index contributed by atoms with van der Waals surface area (Å²) in [7, 11) is 0. The Kier molecular flexibility index (Phi) is 7.08. The van der Waals surface area contributed by atoms with Crippen molar-refractivity contribution < 1.29 is 36.6 Å². The van der Waals surface area contributed by atoms with Gasteiger partial charge in [0.15, 0.2) is 5.82 Å². The molecule has 0 aliphatic carbocycles. The van der Waals surface area contributed by atoms with Gasteiger partial charge in [-0.15, -0.1) is 0 Å². The molecule has 2 aromatic heterocycles. The number of aryl methyl sites for hydroxylation is 2. The number of carbonyl (C=O) groups excluding carboxylic acids is 1. The van der Waals surface area contributed by atoms with Crippen LogP contribution in [0, 0.1) is 0 Å². The van der Waals surface area contributed by atoms with Crippen LogP contribution in [0.15, 0.2) is 42.5 Å².